The normalized spacial score (nSPS) is 14.8. The first-order valence-electron chi connectivity index (χ1n) is 12.4. The molecule has 0 N–H and O–H groups in total. The summed E-state index contributed by atoms with van der Waals surface area (Å²) in [5.41, 5.74) is 0.103. The highest BCUT2D eigenvalue weighted by Gasteiger charge is 2.27. The van der Waals surface area contributed by atoms with Crippen LogP contribution >= 0.6 is 22.6 Å². The van der Waals surface area contributed by atoms with E-state index >= 15 is 4.39 Å². The van der Waals surface area contributed by atoms with Gasteiger partial charge in [0.25, 0.3) is 0 Å². The number of amides is 1. The van der Waals surface area contributed by atoms with E-state index in [1.807, 2.05) is 25.7 Å². The summed E-state index contributed by atoms with van der Waals surface area (Å²) in [6.07, 6.45) is 1.66. The maximum absolute atomic E-state index is 15.5. The van der Waals surface area contributed by atoms with Crippen LogP contribution in [0.4, 0.5) is 19.4 Å². The SMILES string of the molecule is CCCS(=O)(=O)Cc1ccc(F)c(-n2cc(I)c3nc(N4CCN(C(=O)OC(C)(C)C)CC4)ccc32)c1F. The van der Waals surface area contributed by atoms with Crippen molar-refractivity contribution in [1.82, 2.24) is 14.5 Å². The largest absolute Gasteiger partial charge is 0.444 e. The summed E-state index contributed by atoms with van der Waals surface area (Å²) in [6, 6.07) is 5.81. The number of benzene rings is 1. The van der Waals surface area contributed by atoms with Gasteiger partial charge in [0, 0.05) is 37.9 Å². The predicted octanol–water partition coefficient (Wildman–Crippen LogP) is 5.29. The summed E-state index contributed by atoms with van der Waals surface area (Å²) in [5, 5.41) is 0. The minimum atomic E-state index is -3.52. The topological polar surface area (TPSA) is 84.7 Å². The van der Waals surface area contributed by atoms with Crippen LogP contribution in [0.5, 0.6) is 0 Å². The van der Waals surface area contributed by atoms with Gasteiger partial charge in [0.1, 0.15) is 28.4 Å². The monoisotopic (exact) mass is 660 g/mol. The van der Waals surface area contributed by atoms with Gasteiger partial charge in [0.05, 0.1) is 20.6 Å². The van der Waals surface area contributed by atoms with Crippen LogP contribution in [0.25, 0.3) is 16.7 Å². The number of fused-ring (bicyclic) bond motifs is 1. The molecule has 0 unspecified atom stereocenters. The maximum Gasteiger partial charge on any atom is 0.410 e. The van der Waals surface area contributed by atoms with E-state index in [2.05, 4.69) is 22.6 Å². The van der Waals surface area contributed by atoms with Crippen LogP contribution in [0.3, 0.4) is 0 Å². The third kappa shape index (κ3) is 6.22. The molecule has 3 aromatic rings. The number of ether oxygens (including phenoxy) is 1. The molecule has 1 aliphatic rings. The van der Waals surface area contributed by atoms with Gasteiger partial charge >= 0.3 is 6.09 Å². The number of piperazine rings is 1. The lowest BCUT2D eigenvalue weighted by molar-refractivity contribution is 0.0240. The number of pyridine rings is 1. The lowest BCUT2D eigenvalue weighted by Gasteiger charge is -2.36. The van der Waals surface area contributed by atoms with Crippen LogP contribution < -0.4 is 4.90 Å². The van der Waals surface area contributed by atoms with E-state index in [1.165, 1.54) is 10.6 Å². The molecule has 0 radical (unpaired) electrons. The summed E-state index contributed by atoms with van der Waals surface area (Å²) in [7, 11) is -3.52. The fraction of sp³-hybridized carbons (Fsp3) is 0.462. The van der Waals surface area contributed by atoms with E-state index in [0.717, 1.165) is 6.07 Å². The van der Waals surface area contributed by atoms with E-state index in [0.29, 0.717) is 53.0 Å². The Morgan fingerprint density at radius 2 is 1.79 bits per heavy atom. The van der Waals surface area contributed by atoms with Gasteiger partial charge in [0.2, 0.25) is 0 Å². The zero-order valence-corrected chi connectivity index (χ0v) is 24.8. The van der Waals surface area contributed by atoms with Crippen LogP contribution in [0, 0.1) is 15.2 Å². The van der Waals surface area contributed by atoms with Gasteiger partial charge in [-0.3, -0.25) is 0 Å². The first kappa shape index (κ1) is 28.5. The average molecular weight is 661 g/mol. The van der Waals surface area contributed by atoms with Gasteiger partial charge in [0.15, 0.2) is 15.7 Å². The number of rotatable bonds is 6. The first-order valence-corrected chi connectivity index (χ1v) is 15.3. The van der Waals surface area contributed by atoms with Gasteiger partial charge < -0.3 is 19.1 Å². The summed E-state index contributed by atoms with van der Waals surface area (Å²) in [5.74, 6) is -1.57. The second-order valence-electron chi connectivity index (χ2n) is 10.3. The number of halogens is 3. The van der Waals surface area contributed by atoms with E-state index < -0.39 is 32.8 Å². The number of carbonyl (C=O) groups is 1. The lowest BCUT2D eigenvalue weighted by atomic mass is 10.2. The summed E-state index contributed by atoms with van der Waals surface area (Å²) < 4.78 is 62.6. The van der Waals surface area contributed by atoms with Crippen molar-refractivity contribution >= 4 is 55.4 Å². The molecule has 0 bridgehead atoms. The van der Waals surface area contributed by atoms with Gasteiger partial charge in [-0.1, -0.05) is 13.0 Å². The van der Waals surface area contributed by atoms with Gasteiger partial charge in [-0.2, -0.15) is 0 Å². The molecule has 1 aromatic carbocycles. The number of sulfone groups is 1. The van der Waals surface area contributed by atoms with Gasteiger partial charge in [-0.25, -0.2) is 27.0 Å². The quantitative estimate of drug-likeness (QED) is 0.335. The molecule has 1 amide bonds. The van der Waals surface area contributed by atoms with Crippen LogP contribution in [-0.4, -0.2) is 66.5 Å². The molecule has 1 fully saturated rings. The number of hydrogen-bond acceptors (Lipinski definition) is 6. The number of nitrogens with zero attached hydrogens (tertiary/aromatic N) is 4. The number of aromatic nitrogens is 2. The minimum absolute atomic E-state index is 0.0672. The molecule has 38 heavy (non-hydrogen) atoms. The van der Waals surface area contributed by atoms with Gasteiger partial charge in [-0.05, 0) is 68.0 Å². The lowest BCUT2D eigenvalue weighted by Crippen LogP contribution is -2.50. The van der Waals surface area contributed by atoms with Crippen molar-refractivity contribution in [2.24, 2.45) is 0 Å². The highest BCUT2D eigenvalue weighted by atomic mass is 127. The zero-order chi connectivity index (χ0) is 27.8. The van der Waals surface area contributed by atoms with Crippen molar-refractivity contribution in [2.75, 3.05) is 36.8 Å². The highest BCUT2D eigenvalue weighted by molar-refractivity contribution is 14.1. The molecule has 1 saturated heterocycles. The van der Waals surface area contributed by atoms with Gasteiger partial charge in [-0.15, -0.1) is 0 Å². The van der Waals surface area contributed by atoms with Crippen molar-refractivity contribution < 1.29 is 26.7 Å². The average Bonchev–Trinajstić information content (AvgIpc) is 3.15. The number of anilines is 1. The van der Waals surface area contributed by atoms with Crippen LogP contribution in [-0.2, 0) is 20.3 Å². The Hall–Kier alpha value is -2.48. The van der Waals surface area contributed by atoms with Crippen molar-refractivity contribution in [3.8, 4) is 5.69 Å². The Morgan fingerprint density at radius 1 is 1.11 bits per heavy atom. The Labute approximate surface area is 235 Å². The van der Waals surface area contributed by atoms with Crippen LogP contribution in [0.15, 0.2) is 30.5 Å². The van der Waals surface area contributed by atoms with E-state index in [9.17, 15) is 17.6 Å². The highest BCUT2D eigenvalue weighted by Crippen LogP contribution is 2.31. The minimum Gasteiger partial charge on any atom is -0.444 e. The predicted molar refractivity (Wildman–Crippen MR) is 152 cm³/mol. The summed E-state index contributed by atoms with van der Waals surface area (Å²) in [6.45, 7) is 9.32. The van der Waals surface area contributed by atoms with E-state index in [1.54, 1.807) is 30.2 Å². The van der Waals surface area contributed by atoms with Crippen molar-refractivity contribution in [2.45, 2.75) is 45.5 Å². The molecular formula is C26H31F2IN4O4S. The molecule has 206 valence electrons. The van der Waals surface area contributed by atoms with Crippen LogP contribution in [0.2, 0.25) is 0 Å². The fourth-order valence-corrected chi connectivity index (χ4v) is 6.54. The van der Waals surface area contributed by atoms with Crippen molar-refractivity contribution in [1.29, 1.82) is 0 Å². The molecule has 4 rings (SSSR count). The molecular weight excluding hydrogens is 629 g/mol. The molecule has 0 saturated carbocycles. The Morgan fingerprint density at radius 3 is 2.42 bits per heavy atom. The molecule has 0 spiro atoms. The Balaban J connectivity index is 1.61. The molecule has 0 aliphatic carbocycles. The maximum atomic E-state index is 15.5. The second kappa shape index (κ2) is 10.9. The molecule has 3 heterocycles. The molecule has 8 nitrogen and oxygen atoms in total. The number of hydrogen-bond donors (Lipinski definition) is 0. The third-order valence-corrected chi connectivity index (χ3v) is 8.69. The smallest absolute Gasteiger partial charge is 0.410 e. The van der Waals surface area contributed by atoms with Crippen molar-refractivity contribution in [3.63, 3.8) is 0 Å². The Kier molecular flexibility index (Phi) is 8.22. The fourth-order valence-electron chi connectivity index (χ4n) is 4.40. The van der Waals surface area contributed by atoms with Crippen LogP contribution in [0.1, 0.15) is 39.7 Å². The number of carbonyl (C=O) groups excluding carboxylic acids is 1. The zero-order valence-electron chi connectivity index (χ0n) is 21.8. The summed E-state index contributed by atoms with van der Waals surface area (Å²) >= 11 is 2.07. The second-order valence-corrected chi connectivity index (χ2v) is 13.6. The molecule has 12 heteroatoms. The Bertz CT molecular complexity index is 1460. The molecule has 1 aliphatic heterocycles. The first-order chi connectivity index (χ1) is 17.8. The molecule has 2 aromatic heterocycles. The summed E-state index contributed by atoms with van der Waals surface area (Å²) in [4.78, 5) is 20.9. The van der Waals surface area contributed by atoms with E-state index in [-0.39, 0.29) is 23.1 Å². The third-order valence-electron chi connectivity index (χ3n) is 6.12. The standard InChI is InChI=1S/C26H31F2IN4O4S/c1-5-14-38(35,36)16-17-6-7-18(27)24(22(17)28)33-15-19(29)23-20(33)8-9-21(30-23)31-10-12-32(13-11-31)25(34)37-26(2,3)4/h6-9,15H,5,10-14,16H2,1-4H3. The van der Waals surface area contributed by atoms with E-state index in [4.69, 9.17) is 9.72 Å². The molecule has 0 atom stereocenters. The van der Waals surface area contributed by atoms with Crippen molar-refractivity contribution in [3.05, 3.63) is 51.2 Å².